The summed E-state index contributed by atoms with van der Waals surface area (Å²) >= 11 is 0. The molecule has 0 saturated heterocycles. The first-order valence-corrected chi connectivity index (χ1v) is 6.06. The van der Waals surface area contributed by atoms with Crippen LogP contribution in [0, 0.1) is 25.2 Å². The fraction of sp³-hybridized carbons (Fsp3) is 0.200. The molecule has 0 aliphatic rings. The summed E-state index contributed by atoms with van der Waals surface area (Å²) in [5, 5.41) is 8.79. The molecule has 0 radical (unpaired) electrons. The van der Waals surface area contributed by atoms with E-state index in [9.17, 15) is 18.0 Å². The molecule has 0 spiro atoms. The first-order chi connectivity index (χ1) is 9.74. The van der Waals surface area contributed by atoms with Gasteiger partial charge in [0.25, 0.3) is 0 Å². The molecule has 0 aliphatic heterocycles. The van der Waals surface area contributed by atoms with Gasteiger partial charge in [-0.2, -0.15) is 18.4 Å². The molecule has 0 saturated carbocycles. The van der Waals surface area contributed by atoms with Gasteiger partial charge < -0.3 is 4.57 Å². The van der Waals surface area contributed by atoms with Gasteiger partial charge in [0.15, 0.2) is 5.43 Å². The molecule has 0 aliphatic carbocycles. The Kier molecular flexibility index (Phi) is 3.60. The van der Waals surface area contributed by atoms with Crippen LogP contribution in [-0.4, -0.2) is 4.57 Å². The lowest BCUT2D eigenvalue weighted by Gasteiger charge is -2.17. The fourth-order valence-electron chi connectivity index (χ4n) is 2.27. The van der Waals surface area contributed by atoms with E-state index in [0.29, 0.717) is 11.4 Å². The van der Waals surface area contributed by atoms with Crippen molar-refractivity contribution in [3.05, 3.63) is 63.1 Å². The van der Waals surface area contributed by atoms with Crippen molar-refractivity contribution >= 4 is 0 Å². The van der Waals surface area contributed by atoms with Gasteiger partial charge in [-0.25, -0.2) is 0 Å². The molecule has 21 heavy (non-hydrogen) atoms. The number of halogens is 3. The third kappa shape index (κ3) is 2.82. The summed E-state index contributed by atoms with van der Waals surface area (Å²) in [6, 6.07) is 7.71. The van der Waals surface area contributed by atoms with Crippen molar-refractivity contribution < 1.29 is 13.2 Å². The highest BCUT2D eigenvalue weighted by Gasteiger charge is 2.34. The second-order valence-corrected chi connectivity index (χ2v) is 4.65. The van der Waals surface area contributed by atoms with Crippen molar-refractivity contribution in [1.82, 2.24) is 4.57 Å². The van der Waals surface area contributed by atoms with Gasteiger partial charge in [0.2, 0.25) is 0 Å². The van der Waals surface area contributed by atoms with Crippen LogP contribution >= 0.6 is 0 Å². The van der Waals surface area contributed by atoms with Crippen LogP contribution in [0.15, 0.2) is 35.1 Å². The summed E-state index contributed by atoms with van der Waals surface area (Å²) < 4.78 is 40.5. The Morgan fingerprint density at radius 3 is 2.14 bits per heavy atom. The summed E-state index contributed by atoms with van der Waals surface area (Å²) in [6.45, 7) is 3.28. The first kappa shape index (κ1) is 14.9. The standard InChI is InChI=1S/C15H11F3N2O/c1-9-5-13(21)6-10(2)20(9)12-4-3-11(8-19)14(7-12)15(16,17)18/h3-7H,1-2H3. The van der Waals surface area contributed by atoms with E-state index in [-0.39, 0.29) is 11.1 Å². The van der Waals surface area contributed by atoms with Crippen molar-refractivity contribution in [2.24, 2.45) is 0 Å². The number of benzene rings is 1. The predicted octanol–water partition coefficient (Wildman–Crippen LogP) is 3.34. The number of alkyl halides is 3. The van der Waals surface area contributed by atoms with Crippen molar-refractivity contribution in [2.45, 2.75) is 20.0 Å². The number of nitriles is 1. The van der Waals surface area contributed by atoms with E-state index < -0.39 is 17.3 Å². The zero-order valence-corrected chi connectivity index (χ0v) is 11.3. The average molecular weight is 292 g/mol. The van der Waals surface area contributed by atoms with E-state index in [4.69, 9.17) is 5.26 Å². The van der Waals surface area contributed by atoms with E-state index in [1.54, 1.807) is 13.8 Å². The number of nitrogens with zero attached hydrogens (tertiary/aromatic N) is 2. The average Bonchev–Trinajstić information content (AvgIpc) is 2.36. The summed E-state index contributed by atoms with van der Waals surface area (Å²) in [5.74, 6) is 0. The molecule has 3 nitrogen and oxygen atoms in total. The summed E-state index contributed by atoms with van der Waals surface area (Å²) in [7, 11) is 0. The quantitative estimate of drug-likeness (QED) is 0.809. The van der Waals surface area contributed by atoms with E-state index in [0.717, 1.165) is 12.1 Å². The van der Waals surface area contributed by atoms with Gasteiger partial charge in [-0.1, -0.05) is 0 Å². The van der Waals surface area contributed by atoms with Gasteiger partial charge in [-0.05, 0) is 32.0 Å². The number of pyridine rings is 1. The largest absolute Gasteiger partial charge is 0.417 e. The SMILES string of the molecule is Cc1cc(=O)cc(C)n1-c1ccc(C#N)c(C(F)(F)F)c1. The molecule has 2 rings (SSSR count). The van der Waals surface area contributed by atoms with Gasteiger partial charge in [-0.15, -0.1) is 0 Å². The van der Waals surface area contributed by atoms with Gasteiger partial charge in [0.05, 0.1) is 17.2 Å². The summed E-state index contributed by atoms with van der Waals surface area (Å²) in [6.07, 6.45) is -4.61. The molecule has 0 fully saturated rings. The highest BCUT2D eigenvalue weighted by Crippen LogP contribution is 2.33. The Morgan fingerprint density at radius 1 is 1.10 bits per heavy atom. The van der Waals surface area contributed by atoms with Crippen molar-refractivity contribution in [3.63, 3.8) is 0 Å². The molecule has 0 atom stereocenters. The molecule has 6 heteroatoms. The third-order valence-corrected chi connectivity index (χ3v) is 3.09. The Bertz CT molecular complexity index is 772. The minimum absolute atomic E-state index is 0.203. The normalized spacial score (nSPS) is 11.2. The molecule has 0 bridgehead atoms. The Morgan fingerprint density at radius 2 is 1.67 bits per heavy atom. The van der Waals surface area contributed by atoms with E-state index in [2.05, 4.69) is 0 Å². The van der Waals surface area contributed by atoms with Crippen LogP contribution in [-0.2, 0) is 6.18 Å². The molecule has 2 aromatic rings. The van der Waals surface area contributed by atoms with Crippen molar-refractivity contribution in [2.75, 3.05) is 0 Å². The fourth-order valence-corrected chi connectivity index (χ4v) is 2.27. The van der Waals surface area contributed by atoms with E-state index in [1.807, 2.05) is 0 Å². The highest BCUT2D eigenvalue weighted by molar-refractivity contribution is 5.48. The van der Waals surface area contributed by atoms with Crippen molar-refractivity contribution in [3.8, 4) is 11.8 Å². The van der Waals surface area contributed by atoms with Crippen LogP contribution in [0.25, 0.3) is 5.69 Å². The maximum Gasteiger partial charge on any atom is 0.417 e. The first-order valence-electron chi connectivity index (χ1n) is 6.06. The second-order valence-electron chi connectivity index (χ2n) is 4.65. The number of rotatable bonds is 1. The number of hydrogen-bond acceptors (Lipinski definition) is 2. The van der Waals surface area contributed by atoms with E-state index in [1.165, 1.54) is 28.8 Å². The molecule has 108 valence electrons. The van der Waals surface area contributed by atoms with Crippen LogP contribution in [0.2, 0.25) is 0 Å². The highest BCUT2D eigenvalue weighted by atomic mass is 19.4. The molecule has 1 aromatic carbocycles. The summed E-state index contributed by atoms with van der Waals surface area (Å²) in [4.78, 5) is 11.4. The zero-order chi connectivity index (χ0) is 15.8. The van der Waals surface area contributed by atoms with Crippen LogP contribution in [0.1, 0.15) is 22.5 Å². The minimum Gasteiger partial charge on any atom is -0.318 e. The number of aryl methyl sites for hydroxylation is 2. The molecular formula is C15H11F3N2O. The van der Waals surface area contributed by atoms with Crippen molar-refractivity contribution in [1.29, 1.82) is 5.26 Å². The van der Waals surface area contributed by atoms with Crippen LogP contribution < -0.4 is 5.43 Å². The summed E-state index contributed by atoms with van der Waals surface area (Å²) in [5.41, 5.74) is -0.305. The van der Waals surface area contributed by atoms with Crippen LogP contribution in [0.5, 0.6) is 0 Å². The Labute approximate surface area is 118 Å². The molecule has 0 unspecified atom stereocenters. The predicted molar refractivity (Wildman–Crippen MR) is 71.2 cm³/mol. The van der Waals surface area contributed by atoms with Gasteiger partial charge in [0.1, 0.15) is 0 Å². The number of aromatic nitrogens is 1. The van der Waals surface area contributed by atoms with Crippen LogP contribution in [0.4, 0.5) is 13.2 Å². The molecule has 0 N–H and O–H groups in total. The topological polar surface area (TPSA) is 45.8 Å². The second kappa shape index (κ2) is 5.09. The van der Waals surface area contributed by atoms with Crippen LogP contribution in [0.3, 0.4) is 0 Å². The number of hydrogen-bond donors (Lipinski definition) is 0. The van der Waals surface area contributed by atoms with Gasteiger partial charge >= 0.3 is 6.18 Å². The molecule has 0 amide bonds. The molecule has 1 aromatic heterocycles. The lowest BCUT2D eigenvalue weighted by molar-refractivity contribution is -0.137. The smallest absolute Gasteiger partial charge is 0.318 e. The van der Waals surface area contributed by atoms with E-state index >= 15 is 0 Å². The maximum atomic E-state index is 13.0. The maximum absolute atomic E-state index is 13.0. The minimum atomic E-state index is -4.61. The Hall–Kier alpha value is -2.55. The monoisotopic (exact) mass is 292 g/mol. The molecule has 1 heterocycles. The van der Waals surface area contributed by atoms with Gasteiger partial charge in [0, 0.05) is 29.2 Å². The Balaban J connectivity index is 2.73. The molecular weight excluding hydrogens is 281 g/mol. The van der Waals surface area contributed by atoms with Gasteiger partial charge in [-0.3, -0.25) is 4.79 Å². The lowest BCUT2D eigenvalue weighted by Crippen LogP contribution is -2.13. The zero-order valence-electron chi connectivity index (χ0n) is 11.3. The third-order valence-electron chi connectivity index (χ3n) is 3.09. The lowest BCUT2D eigenvalue weighted by atomic mass is 10.1.